The number of rotatable bonds is 2. The molecule has 0 amide bonds. The molecule has 0 spiro atoms. The average Bonchev–Trinajstić information content (AvgIpc) is 3.15. The number of nitriles is 2. The van der Waals surface area contributed by atoms with Gasteiger partial charge in [0.2, 0.25) is 0 Å². The molecule has 0 bridgehead atoms. The van der Waals surface area contributed by atoms with Gasteiger partial charge >= 0.3 is 6.18 Å². The molecule has 0 unspecified atom stereocenters. The van der Waals surface area contributed by atoms with Gasteiger partial charge in [0.25, 0.3) is 0 Å². The van der Waals surface area contributed by atoms with E-state index in [2.05, 4.69) is 9.97 Å². The molecule has 10 heteroatoms. The highest BCUT2D eigenvalue weighted by molar-refractivity contribution is 6.38. The number of nitrogens with zero attached hydrogens (tertiary/aromatic N) is 4. The summed E-state index contributed by atoms with van der Waals surface area (Å²) in [6.07, 6.45) is -4.58. The first-order valence-corrected chi connectivity index (χ1v) is 8.50. The fraction of sp³-hybridized carbons (Fsp3) is 0.167. The summed E-state index contributed by atoms with van der Waals surface area (Å²) < 4.78 is 40.6. The van der Waals surface area contributed by atoms with Gasteiger partial charge in [0.1, 0.15) is 18.0 Å². The minimum absolute atomic E-state index is 0.0212. The summed E-state index contributed by atoms with van der Waals surface area (Å²) in [4.78, 5) is 6.87. The lowest BCUT2D eigenvalue weighted by Gasteiger charge is -2.16. The van der Waals surface area contributed by atoms with Crippen molar-refractivity contribution in [3.05, 3.63) is 56.6 Å². The number of aromatic amines is 1. The van der Waals surface area contributed by atoms with E-state index in [1.807, 2.05) is 12.1 Å². The lowest BCUT2D eigenvalue weighted by Crippen LogP contribution is -2.07. The monoisotopic (exact) mass is 423 g/mol. The van der Waals surface area contributed by atoms with Gasteiger partial charge in [0, 0.05) is 17.0 Å². The second kappa shape index (κ2) is 6.90. The van der Waals surface area contributed by atoms with Crippen LogP contribution in [-0.2, 0) is 6.18 Å². The Morgan fingerprint density at radius 3 is 2.14 bits per heavy atom. The molecule has 0 atom stereocenters. The summed E-state index contributed by atoms with van der Waals surface area (Å²) >= 11 is 12.3. The zero-order chi connectivity index (χ0) is 20.8. The number of hydrogen-bond donors (Lipinski definition) is 1. The lowest BCUT2D eigenvalue weighted by atomic mass is 10.2. The van der Waals surface area contributed by atoms with E-state index in [1.54, 1.807) is 24.5 Å². The quantitative estimate of drug-likeness (QED) is 0.586. The molecular formula is C18H10Cl2F3N5. The Hall–Kier alpha value is -2.94. The fourth-order valence-electron chi connectivity index (χ4n) is 2.95. The normalized spacial score (nSPS) is 11.3. The Kier molecular flexibility index (Phi) is 4.88. The molecule has 0 aliphatic carbocycles. The van der Waals surface area contributed by atoms with Crippen LogP contribution in [0.2, 0.25) is 10.0 Å². The number of nitrogens with one attached hydrogen (secondary N) is 1. The van der Waals surface area contributed by atoms with E-state index in [4.69, 9.17) is 33.7 Å². The summed E-state index contributed by atoms with van der Waals surface area (Å²) in [5.41, 5.74) is 0.985. The Morgan fingerprint density at radius 2 is 1.68 bits per heavy atom. The van der Waals surface area contributed by atoms with Crippen molar-refractivity contribution in [3.63, 3.8) is 0 Å². The third-order valence-corrected chi connectivity index (χ3v) is 4.75. The van der Waals surface area contributed by atoms with E-state index in [1.165, 1.54) is 0 Å². The van der Waals surface area contributed by atoms with Crippen molar-refractivity contribution < 1.29 is 13.2 Å². The number of halogens is 5. The van der Waals surface area contributed by atoms with Gasteiger partial charge in [-0.1, -0.05) is 23.2 Å². The topological polar surface area (TPSA) is 81.2 Å². The van der Waals surface area contributed by atoms with Crippen LogP contribution in [0.5, 0.6) is 0 Å². The van der Waals surface area contributed by atoms with Gasteiger partial charge in [0.15, 0.2) is 11.4 Å². The second-order valence-corrected chi connectivity index (χ2v) is 6.75. The van der Waals surface area contributed by atoms with Crippen LogP contribution in [0.15, 0.2) is 18.2 Å². The van der Waals surface area contributed by atoms with Gasteiger partial charge in [-0.15, -0.1) is 0 Å². The van der Waals surface area contributed by atoms with Gasteiger partial charge in [-0.2, -0.15) is 23.7 Å². The molecule has 0 saturated heterocycles. The number of alkyl halides is 3. The van der Waals surface area contributed by atoms with Crippen LogP contribution in [0, 0.1) is 36.5 Å². The molecule has 0 saturated carbocycles. The standard InChI is InChI=1S/C18H10Cl2F3N5/c1-8-3-11(17-26-14(6-24)15(7-25)27-17)9(2)28(8)16-12(19)4-10(5-13(16)20)18(21,22)23/h3-5H,1-2H3,(H,26,27). The number of aryl methyl sites for hydroxylation is 1. The number of imidazole rings is 1. The molecule has 0 fully saturated rings. The molecule has 0 aliphatic heterocycles. The number of benzene rings is 1. The van der Waals surface area contributed by atoms with Crippen LogP contribution in [0.4, 0.5) is 13.2 Å². The van der Waals surface area contributed by atoms with E-state index in [0.29, 0.717) is 17.0 Å². The number of hydrogen-bond acceptors (Lipinski definition) is 3. The third-order valence-electron chi connectivity index (χ3n) is 4.18. The maximum atomic E-state index is 13.0. The molecule has 0 radical (unpaired) electrons. The molecule has 5 nitrogen and oxygen atoms in total. The van der Waals surface area contributed by atoms with Gasteiger partial charge in [0.05, 0.1) is 21.3 Å². The van der Waals surface area contributed by atoms with Crippen LogP contribution < -0.4 is 0 Å². The van der Waals surface area contributed by atoms with Crippen LogP contribution in [0.3, 0.4) is 0 Å². The Balaban J connectivity index is 2.21. The average molecular weight is 424 g/mol. The maximum absolute atomic E-state index is 13.0. The SMILES string of the molecule is Cc1cc(-c2nc(C#N)c(C#N)[nH]2)c(C)n1-c1c(Cl)cc(C(F)(F)F)cc1Cl. The summed E-state index contributed by atoms with van der Waals surface area (Å²) in [7, 11) is 0. The highest BCUT2D eigenvalue weighted by Crippen LogP contribution is 2.39. The first kappa shape index (κ1) is 19.8. The summed E-state index contributed by atoms with van der Waals surface area (Å²) in [5, 5.41) is 17.8. The molecule has 2 heterocycles. The van der Waals surface area contributed by atoms with Crippen molar-refractivity contribution >= 4 is 23.2 Å². The zero-order valence-corrected chi connectivity index (χ0v) is 15.9. The molecule has 3 rings (SSSR count). The largest absolute Gasteiger partial charge is 0.416 e. The van der Waals surface area contributed by atoms with Crippen molar-refractivity contribution in [1.82, 2.24) is 14.5 Å². The first-order chi connectivity index (χ1) is 13.1. The summed E-state index contributed by atoms with van der Waals surface area (Å²) in [6.45, 7) is 3.42. The van der Waals surface area contributed by atoms with Crippen molar-refractivity contribution in [1.29, 1.82) is 10.5 Å². The van der Waals surface area contributed by atoms with Crippen LogP contribution in [0.25, 0.3) is 17.1 Å². The maximum Gasteiger partial charge on any atom is 0.416 e. The minimum atomic E-state index is -4.58. The molecule has 1 N–H and O–H groups in total. The minimum Gasteiger partial charge on any atom is -0.329 e. The zero-order valence-electron chi connectivity index (χ0n) is 14.4. The molecular weight excluding hydrogens is 414 g/mol. The van der Waals surface area contributed by atoms with Gasteiger partial charge < -0.3 is 9.55 Å². The van der Waals surface area contributed by atoms with E-state index in [-0.39, 0.29) is 32.9 Å². The summed E-state index contributed by atoms with van der Waals surface area (Å²) in [5.74, 6) is 0.284. The van der Waals surface area contributed by atoms with Crippen LogP contribution >= 0.6 is 23.2 Å². The van der Waals surface area contributed by atoms with E-state index >= 15 is 0 Å². The van der Waals surface area contributed by atoms with Crippen molar-refractivity contribution in [2.24, 2.45) is 0 Å². The van der Waals surface area contributed by atoms with Crippen molar-refractivity contribution in [2.75, 3.05) is 0 Å². The molecule has 1 aromatic carbocycles. The number of H-pyrrole nitrogens is 1. The Morgan fingerprint density at radius 1 is 1.07 bits per heavy atom. The van der Waals surface area contributed by atoms with Crippen molar-refractivity contribution in [2.45, 2.75) is 20.0 Å². The van der Waals surface area contributed by atoms with E-state index in [9.17, 15) is 13.2 Å². The van der Waals surface area contributed by atoms with E-state index < -0.39 is 11.7 Å². The van der Waals surface area contributed by atoms with E-state index in [0.717, 1.165) is 12.1 Å². The smallest absolute Gasteiger partial charge is 0.329 e. The van der Waals surface area contributed by atoms with Gasteiger partial charge in [-0.3, -0.25) is 0 Å². The first-order valence-electron chi connectivity index (χ1n) is 7.74. The van der Waals surface area contributed by atoms with Crippen LogP contribution in [0.1, 0.15) is 28.3 Å². The highest BCUT2D eigenvalue weighted by Gasteiger charge is 2.32. The Bertz CT molecular complexity index is 1120. The van der Waals surface area contributed by atoms with Gasteiger partial charge in [-0.05, 0) is 32.0 Å². The van der Waals surface area contributed by atoms with Crippen molar-refractivity contribution in [3.8, 4) is 29.2 Å². The predicted octanol–water partition coefficient (Wildman–Crippen LogP) is 5.55. The molecule has 142 valence electrons. The molecule has 3 aromatic rings. The third kappa shape index (κ3) is 3.22. The second-order valence-electron chi connectivity index (χ2n) is 5.94. The number of aromatic nitrogens is 3. The Labute approximate surface area is 167 Å². The summed E-state index contributed by atoms with van der Waals surface area (Å²) in [6, 6.07) is 7.02. The predicted molar refractivity (Wildman–Crippen MR) is 97.3 cm³/mol. The fourth-order valence-corrected chi connectivity index (χ4v) is 3.61. The molecule has 28 heavy (non-hydrogen) atoms. The lowest BCUT2D eigenvalue weighted by molar-refractivity contribution is -0.137. The highest BCUT2D eigenvalue weighted by atomic mass is 35.5. The molecule has 2 aromatic heterocycles. The molecule has 0 aliphatic rings. The van der Waals surface area contributed by atoms with Crippen LogP contribution in [-0.4, -0.2) is 14.5 Å². The van der Waals surface area contributed by atoms with Gasteiger partial charge in [-0.25, -0.2) is 4.98 Å².